The van der Waals surface area contributed by atoms with Crippen molar-refractivity contribution in [3.8, 4) is 0 Å². The zero-order valence-electron chi connectivity index (χ0n) is 12.3. The largest absolute Gasteiger partial charge is 0.481 e. The molecule has 0 aliphatic carbocycles. The topological polar surface area (TPSA) is 101 Å². The van der Waals surface area contributed by atoms with Gasteiger partial charge >= 0.3 is 5.97 Å². The van der Waals surface area contributed by atoms with Gasteiger partial charge in [0.15, 0.2) is 0 Å². The first kappa shape index (κ1) is 15.9. The summed E-state index contributed by atoms with van der Waals surface area (Å²) in [5.41, 5.74) is 0.735. The van der Waals surface area contributed by atoms with Crippen LogP contribution in [-0.4, -0.2) is 39.9 Å². The number of carboxylic acids is 1. The molecule has 1 atom stereocenters. The summed E-state index contributed by atoms with van der Waals surface area (Å²) < 4.78 is 0. The fraction of sp³-hybridized carbons (Fsp3) is 0.467. The van der Waals surface area contributed by atoms with Gasteiger partial charge in [0, 0.05) is 30.3 Å². The van der Waals surface area contributed by atoms with Crippen LogP contribution >= 0.6 is 0 Å². The van der Waals surface area contributed by atoms with Gasteiger partial charge in [0.2, 0.25) is 0 Å². The Morgan fingerprint density at radius 2 is 2.18 bits per heavy atom. The van der Waals surface area contributed by atoms with Gasteiger partial charge in [-0.15, -0.1) is 0 Å². The molecule has 1 amide bonds. The molecule has 1 aromatic carbocycles. The summed E-state index contributed by atoms with van der Waals surface area (Å²) >= 11 is 0. The molecule has 1 heterocycles. The fourth-order valence-corrected chi connectivity index (χ4v) is 2.71. The van der Waals surface area contributed by atoms with Gasteiger partial charge in [-0.05, 0) is 25.3 Å². The summed E-state index contributed by atoms with van der Waals surface area (Å²) in [6.45, 7) is 2.44. The molecule has 0 aromatic heterocycles. The first-order valence-corrected chi connectivity index (χ1v) is 7.23. The van der Waals surface area contributed by atoms with Crippen molar-refractivity contribution in [2.75, 3.05) is 13.1 Å². The zero-order valence-corrected chi connectivity index (χ0v) is 12.3. The van der Waals surface area contributed by atoms with E-state index >= 15 is 0 Å². The number of aliphatic carboxylic acids is 1. The molecule has 22 heavy (non-hydrogen) atoms. The molecule has 1 N–H and O–H groups in total. The fourth-order valence-electron chi connectivity index (χ4n) is 2.71. The molecular weight excluding hydrogens is 288 g/mol. The minimum absolute atomic E-state index is 0.0693. The van der Waals surface area contributed by atoms with Gasteiger partial charge in [-0.3, -0.25) is 19.7 Å². The van der Waals surface area contributed by atoms with Gasteiger partial charge in [-0.1, -0.05) is 13.0 Å². The molecule has 0 saturated carbocycles. The Labute approximate surface area is 127 Å². The highest BCUT2D eigenvalue weighted by Gasteiger charge is 2.29. The first-order chi connectivity index (χ1) is 10.4. The van der Waals surface area contributed by atoms with Crippen molar-refractivity contribution in [3.05, 3.63) is 39.4 Å². The summed E-state index contributed by atoms with van der Waals surface area (Å²) in [6, 6.07) is 4.44. The standard InChI is InChI=1S/C15H18N2O5/c1-2-10-5-6-11(8-13(10)17(21)22)14(18)16-7-3-4-12(9-16)15(19)20/h5-6,8,12H,2-4,7,9H2,1H3,(H,19,20)/t12-/m0/s1. The first-order valence-electron chi connectivity index (χ1n) is 7.23. The summed E-state index contributed by atoms with van der Waals surface area (Å²) in [5.74, 6) is -1.83. The van der Waals surface area contributed by atoms with E-state index in [9.17, 15) is 19.7 Å². The van der Waals surface area contributed by atoms with Gasteiger partial charge in [-0.2, -0.15) is 0 Å². The second kappa shape index (κ2) is 6.55. The highest BCUT2D eigenvalue weighted by molar-refractivity contribution is 5.95. The Balaban J connectivity index is 2.24. The number of aryl methyl sites for hydroxylation is 1. The number of carbonyl (C=O) groups is 2. The van der Waals surface area contributed by atoms with Crippen LogP contribution in [0.25, 0.3) is 0 Å². The van der Waals surface area contributed by atoms with Crippen molar-refractivity contribution in [1.29, 1.82) is 0 Å². The smallest absolute Gasteiger partial charge is 0.308 e. The number of likely N-dealkylation sites (tertiary alicyclic amines) is 1. The number of hydrogen-bond acceptors (Lipinski definition) is 4. The lowest BCUT2D eigenvalue weighted by Crippen LogP contribution is -2.42. The van der Waals surface area contributed by atoms with Crippen molar-refractivity contribution in [2.45, 2.75) is 26.2 Å². The molecule has 118 valence electrons. The third-order valence-electron chi connectivity index (χ3n) is 3.97. The molecule has 1 saturated heterocycles. The van der Waals surface area contributed by atoms with Crippen molar-refractivity contribution < 1.29 is 19.6 Å². The van der Waals surface area contributed by atoms with E-state index in [1.54, 1.807) is 12.1 Å². The number of carbonyl (C=O) groups excluding carboxylic acids is 1. The van der Waals surface area contributed by atoms with Gasteiger partial charge in [-0.25, -0.2) is 0 Å². The number of amides is 1. The molecule has 0 radical (unpaired) electrons. The quantitative estimate of drug-likeness (QED) is 0.678. The maximum atomic E-state index is 12.5. The lowest BCUT2D eigenvalue weighted by atomic mass is 9.97. The average molecular weight is 306 g/mol. The third-order valence-corrected chi connectivity index (χ3v) is 3.97. The molecular formula is C15H18N2O5. The summed E-state index contributed by atoms with van der Waals surface area (Å²) in [5, 5.41) is 20.1. The number of piperidine rings is 1. The van der Waals surface area contributed by atoms with Gasteiger partial charge in [0.1, 0.15) is 0 Å². The zero-order chi connectivity index (χ0) is 16.3. The summed E-state index contributed by atoms with van der Waals surface area (Å²) in [7, 11) is 0. The van der Waals surface area contributed by atoms with E-state index in [0.29, 0.717) is 31.4 Å². The molecule has 1 fully saturated rings. The maximum absolute atomic E-state index is 12.5. The van der Waals surface area contributed by atoms with Gasteiger partial charge in [0.05, 0.1) is 10.8 Å². The van der Waals surface area contributed by atoms with Crippen molar-refractivity contribution >= 4 is 17.6 Å². The van der Waals surface area contributed by atoms with Crippen molar-refractivity contribution in [3.63, 3.8) is 0 Å². The van der Waals surface area contributed by atoms with Crippen LogP contribution in [0.5, 0.6) is 0 Å². The average Bonchev–Trinajstić information content (AvgIpc) is 2.53. The molecule has 0 bridgehead atoms. The Morgan fingerprint density at radius 1 is 1.45 bits per heavy atom. The minimum atomic E-state index is -0.912. The van der Waals surface area contributed by atoms with Crippen LogP contribution in [0.3, 0.4) is 0 Å². The Bertz CT molecular complexity index is 614. The predicted octanol–water partition coefficient (Wildman–Crippen LogP) is 2.09. The second-order valence-corrected chi connectivity index (χ2v) is 5.38. The molecule has 1 aliphatic heterocycles. The number of benzene rings is 1. The molecule has 1 aromatic rings. The SMILES string of the molecule is CCc1ccc(C(=O)N2CCC[C@H](C(=O)O)C2)cc1[N+](=O)[O-]. The molecule has 7 heteroatoms. The lowest BCUT2D eigenvalue weighted by Gasteiger charge is -2.30. The van der Waals surface area contributed by atoms with Crippen molar-refractivity contribution in [1.82, 2.24) is 4.90 Å². The lowest BCUT2D eigenvalue weighted by molar-refractivity contribution is -0.385. The van der Waals surface area contributed by atoms with Crippen LogP contribution in [0.15, 0.2) is 18.2 Å². The number of nitro benzene ring substituents is 1. The van der Waals surface area contributed by atoms with E-state index in [1.165, 1.54) is 11.0 Å². The normalized spacial score (nSPS) is 18.0. The van der Waals surface area contributed by atoms with Gasteiger partial charge in [0.25, 0.3) is 11.6 Å². The highest BCUT2D eigenvalue weighted by Crippen LogP contribution is 2.24. The summed E-state index contributed by atoms with van der Waals surface area (Å²) in [6.07, 6.45) is 1.68. The maximum Gasteiger partial charge on any atom is 0.308 e. The van der Waals surface area contributed by atoms with Crippen LogP contribution < -0.4 is 0 Å². The van der Waals surface area contributed by atoms with E-state index in [1.807, 2.05) is 6.92 Å². The van der Waals surface area contributed by atoms with Crippen LogP contribution in [0, 0.1) is 16.0 Å². The van der Waals surface area contributed by atoms with Crippen LogP contribution in [0.4, 0.5) is 5.69 Å². The van der Waals surface area contributed by atoms with Crippen LogP contribution in [0.2, 0.25) is 0 Å². The van der Waals surface area contributed by atoms with E-state index in [4.69, 9.17) is 5.11 Å². The molecule has 0 spiro atoms. The molecule has 7 nitrogen and oxygen atoms in total. The van der Waals surface area contributed by atoms with E-state index in [-0.39, 0.29) is 23.7 Å². The number of hydrogen-bond donors (Lipinski definition) is 1. The molecule has 2 rings (SSSR count). The third kappa shape index (κ3) is 3.24. The minimum Gasteiger partial charge on any atom is -0.481 e. The molecule has 1 aliphatic rings. The Hall–Kier alpha value is -2.44. The molecule has 0 unspecified atom stereocenters. The second-order valence-electron chi connectivity index (χ2n) is 5.38. The van der Waals surface area contributed by atoms with E-state index in [0.717, 1.165) is 0 Å². The van der Waals surface area contributed by atoms with E-state index in [2.05, 4.69) is 0 Å². The highest BCUT2D eigenvalue weighted by atomic mass is 16.6. The number of carboxylic acid groups (broad SMARTS) is 1. The number of nitro groups is 1. The van der Waals surface area contributed by atoms with Crippen molar-refractivity contribution in [2.24, 2.45) is 5.92 Å². The Kier molecular flexibility index (Phi) is 4.75. The number of rotatable bonds is 4. The van der Waals surface area contributed by atoms with Gasteiger partial charge < -0.3 is 10.0 Å². The van der Waals surface area contributed by atoms with E-state index < -0.39 is 16.8 Å². The number of nitrogens with zero attached hydrogens (tertiary/aromatic N) is 2. The monoisotopic (exact) mass is 306 g/mol. The van der Waals surface area contributed by atoms with Crippen LogP contribution in [0.1, 0.15) is 35.7 Å². The van der Waals surface area contributed by atoms with Crippen LogP contribution in [-0.2, 0) is 11.2 Å². The Morgan fingerprint density at radius 3 is 2.77 bits per heavy atom. The predicted molar refractivity (Wildman–Crippen MR) is 78.7 cm³/mol. The summed E-state index contributed by atoms with van der Waals surface area (Å²) in [4.78, 5) is 35.6.